The number of nitrogens with two attached hydrogens (primary N) is 1. The lowest BCUT2D eigenvalue weighted by atomic mass is 10.2. The molecule has 0 aliphatic carbocycles. The van der Waals surface area contributed by atoms with Gasteiger partial charge in [0.1, 0.15) is 5.75 Å². The molecule has 0 unspecified atom stereocenters. The van der Waals surface area contributed by atoms with Crippen molar-refractivity contribution in [3.63, 3.8) is 0 Å². The third-order valence-corrected chi connectivity index (χ3v) is 3.41. The van der Waals surface area contributed by atoms with E-state index in [0.717, 1.165) is 11.6 Å². The second kappa shape index (κ2) is 4.85. The summed E-state index contributed by atoms with van der Waals surface area (Å²) in [7, 11) is 0. The Hall–Kier alpha value is -2.15. The Labute approximate surface area is 113 Å². The fourth-order valence-corrected chi connectivity index (χ4v) is 2.35. The topological polar surface area (TPSA) is 78.3 Å². The number of aryl methyl sites for hydroxylation is 1. The van der Waals surface area contributed by atoms with Gasteiger partial charge in [-0.1, -0.05) is 29.0 Å². The Balaban J connectivity index is 1.64. The van der Waals surface area contributed by atoms with E-state index >= 15 is 0 Å². The van der Waals surface area contributed by atoms with Crippen LogP contribution in [0.2, 0.25) is 0 Å². The second-order valence-corrected chi connectivity index (χ2v) is 5.15. The maximum Gasteiger partial charge on any atom is 0.236 e. The van der Waals surface area contributed by atoms with Crippen LogP contribution in [0.3, 0.4) is 0 Å². The number of hydrogen-bond acceptors (Lipinski definition) is 6. The van der Waals surface area contributed by atoms with Gasteiger partial charge in [0.2, 0.25) is 10.1 Å². The predicted molar refractivity (Wildman–Crippen MR) is 73.4 cm³/mol. The molecular weight excluding hydrogens is 262 g/mol. The Morgan fingerprint density at radius 2 is 2.05 bits per heavy atom. The van der Waals surface area contributed by atoms with Crippen molar-refractivity contribution in [3.8, 4) is 5.75 Å². The molecule has 1 aromatic carbocycles. The number of nitrogen functional groups attached to an aromatic ring is 1. The normalized spacial score (nSPS) is 11.0. The Kier molecular flexibility index (Phi) is 3.04. The van der Waals surface area contributed by atoms with Gasteiger partial charge in [-0.3, -0.25) is 0 Å². The van der Waals surface area contributed by atoms with Crippen molar-refractivity contribution in [2.75, 3.05) is 12.3 Å². The maximum absolute atomic E-state index is 5.65. The molecule has 0 saturated heterocycles. The minimum atomic E-state index is 0.491. The van der Waals surface area contributed by atoms with Gasteiger partial charge >= 0.3 is 0 Å². The van der Waals surface area contributed by atoms with Gasteiger partial charge < -0.3 is 10.5 Å². The highest BCUT2D eigenvalue weighted by atomic mass is 32.1. The largest absolute Gasteiger partial charge is 0.493 e. The molecule has 2 N–H and O–H groups in total. The van der Waals surface area contributed by atoms with E-state index in [-0.39, 0.29) is 0 Å². The molecule has 98 valence electrons. The Bertz CT molecular complexity index is 688. The summed E-state index contributed by atoms with van der Waals surface area (Å²) in [5.74, 6) is 1.61. The van der Waals surface area contributed by atoms with Crippen LogP contribution < -0.4 is 10.5 Å². The van der Waals surface area contributed by atoms with E-state index in [1.165, 1.54) is 16.9 Å². The summed E-state index contributed by atoms with van der Waals surface area (Å²) in [5, 5.41) is 12.7. The van der Waals surface area contributed by atoms with E-state index in [1.54, 1.807) is 4.52 Å². The summed E-state index contributed by atoms with van der Waals surface area (Å²) < 4.78 is 7.32. The lowest BCUT2D eigenvalue weighted by Gasteiger charge is -2.04. The van der Waals surface area contributed by atoms with E-state index in [4.69, 9.17) is 10.5 Å². The molecule has 2 heterocycles. The first-order chi connectivity index (χ1) is 9.22. The number of anilines is 1. The number of rotatable bonds is 4. The predicted octanol–water partition coefficient (Wildman–Crippen LogP) is 1.70. The van der Waals surface area contributed by atoms with Crippen molar-refractivity contribution in [2.24, 2.45) is 0 Å². The lowest BCUT2D eigenvalue weighted by Crippen LogP contribution is -2.05. The molecule has 2 aromatic heterocycles. The molecule has 0 fully saturated rings. The summed E-state index contributed by atoms with van der Waals surface area (Å²) in [4.78, 5) is 0.711. The lowest BCUT2D eigenvalue weighted by molar-refractivity contribution is 0.318. The van der Waals surface area contributed by atoms with Crippen LogP contribution in [-0.2, 0) is 6.42 Å². The fourth-order valence-electron chi connectivity index (χ4n) is 1.72. The average molecular weight is 275 g/mol. The van der Waals surface area contributed by atoms with E-state index in [0.29, 0.717) is 23.1 Å². The van der Waals surface area contributed by atoms with Crippen LogP contribution >= 0.6 is 11.3 Å². The number of ether oxygens (including phenoxy) is 1. The number of benzene rings is 1. The molecule has 6 nitrogen and oxygen atoms in total. The maximum atomic E-state index is 5.65. The van der Waals surface area contributed by atoms with Crippen LogP contribution in [0.25, 0.3) is 4.96 Å². The third kappa shape index (κ3) is 2.50. The molecule has 7 heteroatoms. The first-order valence-electron chi connectivity index (χ1n) is 5.88. The molecule has 0 bridgehead atoms. The van der Waals surface area contributed by atoms with Gasteiger partial charge in [-0.05, 0) is 19.1 Å². The van der Waals surface area contributed by atoms with Gasteiger partial charge in [0.15, 0.2) is 5.82 Å². The molecule has 0 saturated carbocycles. The zero-order valence-corrected chi connectivity index (χ0v) is 11.2. The third-order valence-electron chi connectivity index (χ3n) is 2.69. The highest BCUT2D eigenvalue weighted by Crippen LogP contribution is 2.16. The standard InChI is InChI=1S/C12H13N5OS/c1-8-2-4-9(5-3-8)18-7-6-10-14-15-12-17(10)16-11(13)19-12/h2-5H,6-7H2,1H3,(H2,13,16). The fraction of sp³-hybridized carbons (Fsp3) is 0.250. The molecule has 0 radical (unpaired) electrons. The summed E-state index contributed by atoms with van der Waals surface area (Å²) in [6.45, 7) is 2.57. The SMILES string of the molecule is Cc1ccc(OCCc2nnc3sc(N)nn23)cc1. The second-order valence-electron chi connectivity index (χ2n) is 4.16. The molecule has 3 rings (SSSR count). The quantitative estimate of drug-likeness (QED) is 0.784. The molecule has 19 heavy (non-hydrogen) atoms. The van der Waals surface area contributed by atoms with E-state index in [1.807, 2.05) is 31.2 Å². The Morgan fingerprint density at radius 3 is 2.84 bits per heavy atom. The summed E-state index contributed by atoms with van der Waals surface area (Å²) in [6, 6.07) is 7.95. The van der Waals surface area contributed by atoms with Crippen LogP contribution in [0.5, 0.6) is 5.75 Å². The van der Waals surface area contributed by atoms with Crippen LogP contribution in [0.15, 0.2) is 24.3 Å². The molecule has 0 atom stereocenters. The highest BCUT2D eigenvalue weighted by molar-refractivity contribution is 7.20. The van der Waals surface area contributed by atoms with Crippen molar-refractivity contribution in [1.29, 1.82) is 0 Å². The number of nitrogens with zero attached hydrogens (tertiary/aromatic N) is 4. The summed E-state index contributed by atoms with van der Waals surface area (Å²) in [6.07, 6.45) is 0.637. The van der Waals surface area contributed by atoms with Gasteiger partial charge in [-0.2, -0.15) is 4.52 Å². The number of fused-ring (bicyclic) bond motifs is 1. The van der Waals surface area contributed by atoms with Gasteiger partial charge in [0.25, 0.3) is 0 Å². The molecule has 0 aliphatic rings. The monoisotopic (exact) mass is 275 g/mol. The van der Waals surface area contributed by atoms with Crippen LogP contribution in [0, 0.1) is 6.92 Å². The highest BCUT2D eigenvalue weighted by Gasteiger charge is 2.09. The average Bonchev–Trinajstić information content (AvgIpc) is 2.92. The van der Waals surface area contributed by atoms with Gasteiger partial charge in [-0.15, -0.1) is 15.3 Å². The minimum Gasteiger partial charge on any atom is -0.493 e. The van der Waals surface area contributed by atoms with Gasteiger partial charge in [-0.25, -0.2) is 0 Å². The minimum absolute atomic E-state index is 0.491. The van der Waals surface area contributed by atoms with Crippen molar-refractivity contribution >= 4 is 21.4 Å². The number of aromatic nitrogens is 4. The molecule has 0 spiro atoms. The van der Waals surface area contributed by atoms with Crippen LogP contribution in [0.4, 0.5) is 5.13 Å². The smallest absolute Gasteiger partial charge is 0.236 e. The first-order valence-corrected chi connectivity index (χ1v) is 6.70. The zero-order valence-electron chi connectivity index (χ0n) is 10.4. The van der Waals surface area contributed by atoms with Crippen LogP contribution in [-0.4, -0.2) is 26.4 Å². The van der Waals surface area contributed by atoms with Gasteiger partial charge in [0, 0.05) is 6.42 Å². The van der Waals surface area contributed by atoms with Crippen LogP contribution in [0.1, 0.15) is 11.4 Å². The summed E-state index contributed by atoms with van der Waals surface area (Å²) in [5.41, 5.74) is 6.84. The molecule has 0 aliphatic heterocycles. The zero-order chi connectivity index (χ0) is 13.2. The van der Waals surface area contributed by atoms with E-state index < -0.39 is 0 Å². The van der Waals surface area contributed by atoms with E-state index in [9.17, 15) is 0 Å². The van der Waals surface area contributed by atoms with Crippen molar-refractivity contribution in [1.82, 2.24) is 19.8 Å². The molecule has 3 aromatic rings. The Morgan fingerprint density at radius 1 is 1.26 bits per heavy atom. The van der Waals surface area contributed by atoms with Crippen molar-refractivity contribution < 1.29 is 4.74 Å². The summed E-state index contributed by atoms with van der Waals surface area (Å²) >= 11 is 1.32. The van der Waals surface area contributed by atoms with Gasteiger partial charge in [0.05, 0.1) is 6.61 Å². The molecule has 0 amide bonds. The van der Waals surface area contributed by atoms with E-state index in [2.05, 4.69) is 15.3 Å². The molecular formula is C12H13N5OS. The number of hydrogen-bond donors (Lipinski definition) is 1. The van der Waals surface area contributed by atoms with Crippen molar-refractivity contribution in [3.05, 3.63) is 35.7 Å². The first kappa shape index (κ1) is 11.9. The van der Waals surface area contributed by atoms with Crippen molar-refractivity contribution in [2.45, 2.75) is 13.3 Å².